The number of nitrogens with one attached hydrogen (secondary N) is 1. The molecule has 1 N–H and O–H groups in total. The van der Waals surface area contributed by atoms with Crippen LogP contribution in [0.5, 0.6) is 0 Å². The van der Waals surface area contributed by atoms with Gasteiger partial charge >= 0.3 is 0 Å². The maximum Gasteiger partial charge on any atom is 0.292 e. The number of ether oxygens (including phenoxy) is 1. The average molecular weight is 589 g/mol. The molecule has 1 aliphatic heterocycles. The van der Waals surface area contributed by atoms with Crippen LogP contribution in [-0.2, 0) is 22.7 Å². The second-order valence-corrected chi connectivity index (χ2v) is 12.8. The van der Waals surface area contributed by atoms with Gasteiger partial charge < -0.3 is 18.7 Å². The Kier molecular flexibility index (Phi) is 7.84. The van der Waals surface area contributed by atoms with Crippen molar-refractivity contribution in [1.29, 1.82) is 0 Å². The lowest BCUT2D eigenvalue weighted by Crippen LogP contribution is -2.38. The van der Waals surface area contributed by atoms with Gasteiger partial charge in [0.1, 0.15) is 17.2 Å². The fourth-order valence-corrected chi connectivity index (χ4v) is 7.24. The van der Waals surface area contributed by atoms with Gasteiger partial charge in [-0.1, -0.05) is 41.3 Å². The number of piperidine rings is 1. The van der Waals surface area contributed by atoms with E-state index in [1.807, 2.05) is 37.3 Å². The van der Waals surface area contributed by atoms with E-state index >= 15 is 0 Å². The highest BCUT2D eigenvalue weighted by atomic mass is 35.5. The van der Waals surface area contributed by atoms with Gasteiger partial charge in [-0.05, 0) is 68.5 Å². The van der Waals surface area contributed by atoms with Gasteiger partial charge in [0.2, 0.25) is 0 Å². The third-order valence-corrected chi connectivity index (χ3v) is 9.76. The summed E-state index contributed by atoms with van der Waals surface area (Å²) in [6, 6.07) is 13.4. The Hall–Kier alpha value is -2.23. The summed E-state index contributed by atoms with van der Waals surface area (Å²) in [4.78, 5) is 14.8. The smallest absolute Gasteiger partial charge is 0.292 e. The monoisotopic (exact) mass is 587 g/mol. The first-order chi connectivity index (χ1) is 18.9. The van der Waals surface area contributed by atoms with Crippen molar-refractivity contribution in [2.75, 3.05) is 17.2 Å². The highest BCUT2D eigenvalue weighted by molar-refractivity contribution is 7.90. The van der Waals surface area contributed by atoms with Crippen molar-refractivity contribution in [3.05, 3.63) is 69.4 Å². The van der Waals surface area contributed by atoms with Crippen LogP contribution in [0.4, 0.5) is 5.69 Å². The fourth-order valence-electron chi connectivity index (χ4n) is 5.87. The van der Waals surface area contributed by atoms with Crippen molar-refractivity contribution >= 4 is 46.2 Å². The largest absolute Gasteiger partial charge is 0.593 e. The van der Waals surface area contributed by atoms with E-state index in [9.17, 15) is 9.35 Å². The summed E-state index contributed by atoms with van der Waals surface area (Å²) in [5, 5.41) is 5.48. The normalized spacial score (nSPS) is 22.9. The van der Waals surface area contributed by atoms with Gasteiger partial charge in [-0.25, -0.2) is 0 Å². The minimum absolute atomic E-state index is 0.154. The van der Waals surface area contributed by atoms with E-state index in [1.54, 1.807) is 12.1 Å². The van der Waals surface area contributed by atoms with Gasteiger partial charge in [0, 0.05) is 46.8 Å². The zero-order chi connectivity index (χ0) is 27.1. The second-order valence-electron chi connectivity index (χ2n) is 10.7. The predicted octanol–water partition coefficient (Wildman–Crippen LogP) is 6.51. The Morgan fingerprint density at radius 1 is 1.18 bits per heavy atom. The summed E-state index contributed by atoms with van der Waals surface area (Å²) in [7, 11) is 0. The molecule has 6 rings (SSSR count). The van der Waals surface area contributed by atoms with Crippen LogP contribution in [0.15, 0.2) is 47.0 Å². The van der Waals surface area contributed by atoms with Crippen molar-refractivity contribution in [3.63, 3.8) is 0 Å². The van der Waals surface area contributed by atoms with E-state index < -0.39 is 11.4 Å². The first-order valence-electron chi connectivity index (χ1n) is 13.5. The van der Waals surface area contributed by atoms with Gasteiger partial charge in [0.05, 0.1) is 34.1 Å². The third-order valence-electron chi connectivity index (χ3n) is 7.94. The van der Waals surface area contributed by atoms with Crippen LogP contribution in [-0.4, -0.2) is 40.1 Å². The zero-order valence-electron chi connectivity index (χ0n) is 21.7. The summed E-state index contributed by atoms with van der Waals surface area (Å²) in [6.07, 6.45) is 5.11. The number of aromatic nitrogens is 1. The summed E-state index contributed by atoms with van der Waals surface area (Å²) < 4.78 is 26.8. The van der Waals surface area contributed by atoms with Crippen molar-refractivity contribution < 1.29 is 18.6 Å². The molecule has 206 valence electrons. The minimum Gasteiger partial charge on any atom is -0.593 e. The first kappa shape index (κ1) is 27.0. The number of amides is 1. The number of carbonyl (C=O) groups is 1. The SMILES string of the molecule is CCC[S+]([O-])NC(=O)c1ccc(N2C[C@@H]3C[C@H]2C[C@H]3OCc2c(-c3c(Cl)cccc3Cl)noc2C2CC2)cc1. The number of hydrogen-bond donors (Lipinski definition) is 1. The van der Waals surface area contributed by atoms with Crippen LogP contribution in [0, 0.1) is 5.92 Å². The number of nitrogens with zero attached hydrogens (tertiary/aromatic N) is 2. The molecule has 1 amide bonds. The Balaban J connectivity index is 1.10. The standard InChI is InChI=1S/C29H31Cl2N3O4S/c1-2-12-39(36)33-29(35)18-8-10-20(11-9-18)34-15-19-13-21(34)14-25(19)37-16-22-27(32-38-28(22)17-6-7-17)26-23(30)4-3-5-24(26)31/h3-5,8-11,17,19,21,25H,2,6-7,12-16H2,1H3,(H,33,35)/t19-,21-,25+,39?/m0/s1. The van der Waals surface area contributed by atoms with Gasteiger partial charge in [0.15, 0.2) is 0 Å². The summed E-state index contributed by atoms with van der Waals surface area (Å²) in [6.45, 7) is 3.26. The molecule has 2 heterocycles. The van der Waals surface area contributed by atoms with Crippen LogP contribution in [0.3, 0.4) is 0 Å². The summed E-state index contributed by atoms with van der Waals surface area (Å²) >= 11 is 11.7. The lowest BCUT2D eigenvalue weighted by atomic mass is 10.0. The van der Waals surface area contributed by atoms with Gasteiger partial charge in [0.25, 0.3) is 5.91 Å². The maximum absolute atomic E-state index is 12.4. The number of anilines is 1. The van der Waals surface area contributed by atoms with E-state index in [2.05, 4.69) is 14.8 Å². The molecule has 0 radical (unpaired) electrons. The lowest BCUT2D eigenvalue weighted by molar-refractivity contribution is 0.0122. The predicted molar refractivity (Wildman–Crippen MR) is 154 cm³/mol. The Morgan fingerprint density at radius 3 is 2.56 bits per heavy atom. The molecule has 1 aromatic heterocycles. The number of rotatable bonds is 10. The molecule has 3 aromatic rings. The topological polar surface area (TPSA) is 90.7 Å². The fraction of sp³-hybridized carbons (Fsp3) is 0.448. The highest BCUT2D eigenvalue weighted by Crippen LogP contribution is 2.47. The zero-order valence-corrected chi connectivity index (χ0v) is 24.0. The molecule has 2 aliphatic carbocycles. The number of benzene rings is 2. The minimum atomic E-state index is -1.34. The molecular weight excluding hydrogens is 557 g/mol. The number of halogens is 2. The van der Waals surface area contributed by atoms with E-state index in [1.165, 1.54) is 0 Å². The Morgan fingerprint density at radius 2 is 1.92 bits per heavy atom. The summed E-state index contributed by atoms with van der Waals surface area (Å²) in [5.74, 6) is 1.86. The quantitative estimate of drug-likeness (QED) is 0.272. The molecule has 3 aliphatic rings. The van der Waals surface area contributed by atoms with Crippen LogP contribution >= 0.6 is 23.2 Å². The average Bonchev–Trinajstić information content (AvgIpc) is 3.37. The molecule has 39 heavy (non-hydrogen) atoms. The van der Waals surface area contributed by atoms with E-state index in [-0.39, 0.29) is 12.0 Å². The molecule has 1 saturated heterocycles. The molecule has 10 heteroatoms. The van der Waals surface area contributed by atoms with Gasteiger partial charge in [-0.3, -0.25) is 4.79 Å². The van der Waals surface area contributed by atoms with E-state index in [0.29, 0.717) is 57.1 Å². The molecule has 2 saturated carbocycles. The number of fused-ring (bicyclic) bond motifs is 2. The van der Waals surface area contributed by atoms with Crippen LogP contribution in [0.25, 0.3) is 11.3 Å². The molecule has 4 atom stereocenters. The molecular formula is C29H31Cl2N3O4S. The lowest BCUT2D eigenvalue weighted by Gasteiger charge is -2.33. The van der Waals surface area contributed by atoms with Crippen molar-refractivity contribution in [1.82, 2.24) is 9.88 Å². The maximum atomic E-state index is 12.4. The van der Waals surface area contributed by atoms with Crippen LogP contribution < -0.4 is 9.62 Å². The van der Waals surface area contributed by atoms with E-state index in [4.69, 9.17) is 32.5 Å². The van der Waals surface area contributed by atoms with Crippen molar-refractivity contribution in [2.24, 2.45) is 5.92 Å². The van der Waals surface area contributed by atoms with Crippen molar-refractivity contribution in [3.8, 4) is 11.3 Å². The van der Waals surface area contributed by atoms with E-state index in [0.717, 1.165) is 55.7 Å². The van der Waals surface area contributed by atoms with Crippen LogP contribution in [0.1, 0.15) is 66.6 Å². The van der Waals surface area contributed by atoms with Crippen LogP contribution in [0.2, 0.25) is 10.0 Å². The molecule has 3 fully saturated rings. The third kappa shape index (κ3) is 5.55. The molecule has 2 bridgehead atoms. The second kappa shape index (κ2) is 11.3. The van der Waals surface area contributed by atoms with Gasteiger partial charge in [-0.15, -0.1) is 0 Å². The van der Waals surface area contributed by atoms with Crippen molar-refractivity contribution in [2.45, 2.75) is 63.7 Å². The molecule has 1 unspecified atom stereocenters. The Labute approximate surface area is 241 Å². The molecule has 0 spiro atoms. The van der Waals surface area contributed by atoms with Gasteiger partial charge in [-0.2, -0.15) is 4.72 Å². The first-order valence-corrected chi connectivity index (χ1v) is 15.6. The molecule has 2 aromatic carbocycles. The number of carbonyl (C=O) groups excluding carboxylic acids is 1. The Bertz CT molecular complexity index is 1330. The highest BCUT2D eigenvalue weighted by Gasteiger charge is 2.45. The summed E-state index contributed by atoms with van der Waals surface area (Å²) in [5.41, 5.74) is 3.95. The molecule has 7 nitrogen and oxygen atoms in total. The number of hydrogen-bond acceptors (Lipinski definition) is 6.